The molecule has 1 amide bonds. The van der Waals surface area contributed by atoms with Gasteiger partial charge in [0.25, 0.3) is 5.91 Å². The molecule has 104 valence electrons. The van der Waals surface area contributed by atoms with Crippen molar-refractivity contribution in [2.45, 2.75) is 6.92 Å². The van der Waals surface area contributed by atoms with Crippen molar-refractivity contribution < 1.29 is 19.1 Å². The maximum absolute atomic E-state index is 12.3. The summed E-state index contributed by atoms with van der Waals surface area (Å²) in [6.45, 7) is 5.46. The summed E-state index contributed by atoms with van der Waals surface area (Å²) in [6.07, 6.45) is 2.99. The fourth-order valence-corrected chi connectivity index (χ4v) is 2.07. The molecule has 1 aliphatic rings. The van der Waals surface area contributed by atoms with Crippen molar-refractivity contribution >= 4 is 23.5 Å². The molecule has 1 aromatic heterocycles. The van der Waals surface area contributed by atoms with Crippen LogP contribution in [0, 0.1) is 5.92 Å². The van der Waals surface area contributed by atoms with Gasteiger partial charge in [0.15, 0.2) is 11.7 Å². The van der Waals surface area contributed by atoms with E-state index in [1.807, 2.05) is 0 Å². The summed E-state index contributed by atoms with van der Waals surface area (Å²) in [4.78, 5) is 41.8. The van der Waals surface area contributed by atoms with Crippen LogP contribution in [0.3, 0.4) is 0 Å². The Balaban J connectivity index is 2.49. The third-order valence-corrected chi connectivity index (χ3v) is 2.92. The first-order valence-electron chi connectivity index (χ1n) is 6.20. The van der Waals surface area contributed by atoms with E-state index in [2.05, 4.69) is 11.6 Å². The van der Waals surface area contributed by atoms with Gasteiger partial charge in [0, 0.05) is 12.7 Å². The zero-order chi connectivity index (χ0) is 14.7. The predicted molar refractivity (Wildman–Crippen MR) is 71.2 cm³/mol. The average Bonchev–Trinajstić information content (AvgIpc) is 2.44. The van der Waals surface area contributed by atoms with Crippen LogP contribution in [0.2, 0.25) is 0 Å². The molecular weight excluding hydrogens is 260 g/mol. The Kier molecular flexibility index (Phi) is 3.93. The fourth-order valence-electron chi connectivity index (χ4n) is 2.07. The van der Waals surface area contributed by atoms with E-state index in [4.69, 9.17) is 4.74 Å². The number of nitrogens with zero attached hydrogens (tertiary/aromatic N) is 2. The second-order valence-corrected chi connectivity index (χ2v) is 4.16. The van der Waals surface area contributed by atoms with Gasteiger partial charge in [0.1, 0.15) is 5.82 Å². The Hall–Kier alpha value is -2.50. The van der Waals surface area contributed by atoms with Crippen LogP contribution in [0.5, 0.6) is 0 Å². The van der Waals surface area contributed by atoms with Gasteiger partial charge in [-0.3, -0.25) is 19.3 Å². The first kappa shape index (κ1) is 13.9. The number of aromatic nitrogens is 1. The van der Waals surface area contributed by atoms with Crippen molar-refractivity contribution in [2.24, 2.45) is 5.92 Å². The number of Topliss-reactive ketones (excluding diaryl/α,β-unsaturated/α-hetero) is 1. The number of pyridine rings is 1. The minimum Gasteiger partial charge on any atom is -0.465 e. The largest absolute Gasteiger partial charge is 0.465 e. The summed E-state index contributed by atoms with van der Waals surface area (Å²) >= 11 is 0. The Morgan fingerprint density at radius 2 is 2.30 bits per heavy atom. The second kappa shape index (κ2) is 5.64. The zero-order valence-electron chi connectivity index (χ0n) is 11.0. The van der Waals surface area contributed by atoms with E-state index in [0.717, 1.165) is 0 Å². The Morgan fingerprint density at radius 1 is 1.55 bits per heavy atom. The molecule has 1 unspecified atom stereocenters. The number of rotatable bonds is 4. The fraction of sp³-hybridized carbons (Fsp3) is 0.286. The van der Waals surface area contributed by atoms with Gasteiger partial charge in [0.05, 0.1) is 12.2 Å². The molecule has 0 spiro atoms. The zero-order valence-corrected chi connectivity index (χ0v) is 11.0. The van der Waals surface area contributed by atoms with Crippen LogP contribution in [0.4, 0.5) is 5.82 Å². The Morgan fingerprint density at radius 3 is 2.95 bits per heavy atom. The molecule has 0 saturated carbocycles. The molecule has 1 atom stereocenters. The highest BCUT2D eigenvalue weighted by Crippen LogP contribution is 2.29. The lowest BCUT2D eigenvalue weighted by molar-refractivity contribution is -0.149. The lowest BCUT2D eigenvalue weighted by Gasteiger charge is -2.30. The van der Waals surface area contributed by atoms with Gasteiger partial charge in [-0.1, -0.05) is 6.08 Å². The molecule has 6 heteroatoms. The Bertz CT molecular complexity index is 582. The summed E-state index contributed by atoms with van der Waals surface area (Å²) in [6, 6.07) is 3.13. The molecular formula is C14H14N2O4. The van der Waals surface area contributed by atoms with E-state index < -0.39 is 23.6 Å². The monoisotopic (exact) mass is 274 g/mol. The van der Waals surface area contributed by atoms with Crippen LogP contribution >= 0.6 is 0 Å². The number of hydrogen-bond donors (Lipinski definition) is 0. The average molecular weight is 274 g/mol. The minimum atomic E-state index is -1.45. The van der Waals surface area contributed by atoms with Crippen molar-refractivity contribution in [1.82, 2.24) is 4.98 Å². The first-order valence-corrected chi connectivity index (χ1v) is 6.20. The van der Waals surface area contributed by atoms with E-state index in [-0.39, 0.29) is 24.5 Å². The van der Waals surface area contributed by atoms with Gasteiger partial charge in [-0.2, -0.15) is 0 Å². The first-order chi connectivity index (χ1) is 9.61. The van der Waals surface area contributed by atoms with Gasteiger partial charge < -0.3 is 4.74 Å². The number of anilines is 1. The number of fused-ring (bicyclic) bond motifs is 1. The third kappa shape index (κ3) is 2.20. The summed E-state index contributed by atoms with van der Waals surface area (Å²) in [7, 11) is 0. The highest BCUT2D eigenvalue weighted by atomic mass is 16.5. The van der Waals surface area contributed by atoms with E-state index in [1.54, 1.807) is 19.1 Å². The molecule has 0 bridgehead atoms. The highest BCUT2D eigenvalue weighted by molar-refractivity contribution is 6.29. The van der Waals surface area contributed by atoms with Crippen molar-refractivity contribution in [3.8, 4) is 0 Å². The smallest absolute Gasteiger partial charge is 0.326 e. The van der Waals surface area contributed by atoms with Crippen LogP contribution < -0.4 is 4.90 Å². The molecule has 6 nitrogen and oxygen atoms in total. The molecule has 2 rings (SSSR count). The maximum Gasteiger partial charge on any atom is 0.326 e. The highest BCUT2D eigenvalue weighted by Gasteiger charge is 2.45. The number of ketones is 1. The SMILES string of the molecule is C=CCN1C(=O)C(C(=O)OCC)C(=O)c2cccnc21. The number of amides is 1. The van der Waals surface area contributed by atoms with E-state index in [9.17, 15) is 14.4 Å². The summed E-state index contributed by atoms with van der Waals surface area (Å²) in [5.41, 5.74) is 0.243. The third-order valence-electron chi connectivity index (χ3n) is 2.92. The second-order valence-electron chi connectivity index (χ2n) is 4.16. The molecule has 20 heavy (non-hydrogen) atoms. The minimum absolute atomic E-state index is 0.108. The van der Waals surface area contributed by atoms with Crippen molar-refractivity contribution in [2.75, 3.05) is 18.1 Å². The van der Waals surface area contributed by atoms with Gasteiger partial charge in [-0.25, -0.2) is 4.98 Å². The summed E-state index contributed by atoms with van der Waals surface area (Å²) < 4.78 is 4.81. The molecule has 0 N–H and O–H groups in total. The summed E-state index contributed by atoms with van der Waals surface area (Å²) in [5.74, 6) is -3.22. The normalized spacial score (nSPS) is 17.6. The van der Waals surface area contributed by atoms with Gasteiger partial charge in [0.2, 0.25) is 0 Å². The quantitative estimate of drug-likeness (QED) is 0.464. The molecule has 2 heterocycles. The van der Waals surface area contributed by atoms with E-state index in [1.165, 1.54) is 17.2 Å². The number of hydrogen-bond acceptors (Lipinski definition) is 5. The van der Waals surface area contributed by atoms with E-state index >= 15 is 0 Å². The number of carbonyl (C=O) groups excluding carboxylic acids is 3. The molecule has 0 aliphatic carbocycles. The molecule has 0 aromatic carbocycles. The topological polar surface area (TPSA) is 76.6 Å². The van der Waals surface area contributed by atoms with Crippen LogP contribution in [0.25, 0.3) is 0 Å². The summed E-state index contributed by atoms with van der Waals surface area (Å²) in [5, 5.41) is 0. The number of esters is 1. The van der Waals surface area contributed by atoms with Crippen molar-refractivity contribution in [1.29, 1.82) is 0 Å². The molecule has 1 aliphatic heterocycles. The van der Waals surface area contributed by atoms with Crippen molar-refractivity contribution in [3.63, 3.8) is 0 Å². The lowest BCUT2D eigenvalue weighted by Crippen LogP contribution is -2.49. The van der Waals surface area contributed by atoms with Crippen molar-refractivity contribution in [3.05, 3.63) is 36.5 Å². The predicted octanol–water partition coefficient (Wildman–Crippen LogP) is 0.976. The molecule has 0 fully saturated rings. The molecule has 0 saturated heterocycles. The van der Waals surface area contributed by atoms with Gasteiger partial charge in [-0.15, -0.1) is 6.58 Å². The Labute approximate surface area is 116 Å². The molecule has 0 radical (unpaired) electrons. The van der Waals surface area contributed by atoms with Crippen LogP contribution in [0.1, 0.15) is 17.3 Å². The van der Waals surface area contributed by atoms with Crippen LogP contribution in [-0.4, -0.2) is 35.8 Å². The van der Waals surface area contributed by atoms with E-state index in [0.29, 0.717) is 0 Å². The van der Waals surface area contributed by atoms with Gasteiger partial charge in [-0.05, 0) is 19.1 Å². The number of ether oxygens (including phenoxy) is 1. The number of carbonyl (C=O) groups is 3. The molecule has 1 aromatic rings. The maximum atomic E-state index is 12.3. The van der Waals surface area contributed by atoms with Gasteiger partial charge >= 0.3 is 5.97 Å². The lowest BCUT2D eigenvalue weighted by atomic mass is 9.92. The standard InChI is InChI=1S/C14H14N2O4/c1-3-8-16-12-9(6-5-7-15-12)11(17)10(13(16)18)14(19)20-4-2/h3,5-7,10H,1,4,8H2,2H3. The van der Waals surface area contributed by atoms with Crippen LogP contribution in [-0.2, 0) is 14.3 Å². The van der Waals surface area contributed by atoms with Crippen LogP contribution in [0.15, 0.2) is 31.0 Å².